The van der Waals surface area contributed by atoms with Crippen LogP contribution < -0.4 is 5.32 Å². The van der Waals surface area contributed by atoms with Gasteiger partial charge in [-0.3, -0.25) is 9.89 Å². The second-order valence-electron chi connectivity index (χ2n) is 6.35. The van der Waals surface area contributed by atoms with Gasteiger partial charge in [0.05, 0.1) is 12.8 Å². The summed E-state index contributed by atoms with van der Waals surface area (Å²) in [5, 5.41) is 3.30. The number of halogens is 4. The lowest BCUT2D eigenvalue weighted by Gasteiger charge is -2.26. The molecule has 1 aliphatic rings. The van der Waals surface area contributed by atoms with Crippen LogP contribution in [0.4, 0.5) is 13.2 Å². The lowest BCUT2D eigenvalue weighted by atomic mass is 10.1. The number of guanidine groups is 1. The molecule has 1 atom stereocenters. The largest absolute Gasteiger partial charge is 0.469 e. The van der Waals surface area contributed by atoms with Gasteiger partial charge in [-0.15, -0.1) is 24.0 Å². The minimum absolute atomic E-state index is 0. The number of furan rings is 1. The van der Waals surface area contributed by atoms with Gasteiger partial charge in [0.25, 0.3) is 0 Å². The topological polar surface area (TPSA) is 44.0 Å². The van der Waals surface area contributed by atoms with Crippen LogP contribution >= 0.6 is 24.0 Å². The Kier molecular flexibility index (Phi) is 9.77. The van der Waals surface area contributed by atoms with Crippen LogP contribution in [0, 0.1) is 5.92 Å². The molecule has 0 radical (unpaired) electrons. The van der Waals surface area contributed by atoms with Crippen LogP contribution in [-0.2, 0) is 6.42 Å². The van der Waals surface area contributed by atoms with Gasteiger partial charge in [0.15, 0.2) is 5.96 Å². The zero-order chi connectivity index (χ0) is 18.3. The van der Waals surface area contributed by atoms with Gasteiger partial charge in [-0.05, 0) is 31.0 Å². The van der Waals surface area contributed by atoms with E-state index in [1.165, 1.54) is 4.90 Å². The molecule has 1 N–H and O–H groups in total. The fourth-order valence-electron chi connectivity index (χ4n) is 3.18. The molecule has 150 valence electrons. The summed E-state index contributed by atoms with van der Waals surface area (Å²) < 4.78 is 43.1. The summed E-state index contributed by atoms with van der Waals surface area (Å²) in [6.45, 7) is 4.06. The maximum Gasteiger partial charge on any atom is 0.401 e. The van der Waals surface area contributed by atoms with E-state index in [2.05, 4.69) is 15.2 Å². The third-order valence-electron chi connectivity index (χ3n) is 4.40. The number of likely N-dealkylation sites (tertiary alicyclic amines) is 1. The van der Waals surface area contributed by atoms with Gasteiger partial charge in [0.1, 0.15) is 5.76 Å². The van der Waals surface area contributed by atoms with Gasteiger partial charge >= 0.3 is 6.18 Å². The fourth-order valence-corrected chi connectivity index (χ4v) is 3.18. The van der Waals surface area contributed by atoms with Crippen LogP contribution in [0.15, 0.2) is 27.8 Å². The monoisotopic (exact) mass is 488 g/mol. The molecule has 1 saturated heterocycles. The molecule has 1 aliphatic heterocycles. The Morgan fingerprint density at radius 2 is 2.23 bits per heavy atom. The van der Waals surface area contributed by atoms with E-state index in [0.717, 1.165) is 37.7 Å². The Morgan fingerprint density at radius 3 is 2.81 bits per heavy atom. The number of nitrogens with zero attached hydrogens (tertiary/aromatic N) is 3. The Balaban J connectivity index is 0.00000338. The average Bonchev–Trinajstić information content (AvgIpc) is 3.21. The molecule has 2 heterocycles. The molecule has 0 amide bonds. The van der Waals surface area contributed by atoms with E-state index in [9.17, 15) is 13.2 Å². The summed E-state index contributed by atoms with van der Waals surface area (Å²) in [7, 11) is 1.73. The van der Waals surface area contributed by atoms with Crippen molar-refractivity contribution in [2.45, 2.75) is 25.9 Å². The summed E-state index contributed by atoms with van der Waals surface area (Å²) in [6, 6.07) is 3.78. The standard InChI is InChI=1S/C17H27F3N4O.HI/c1-3-23(13-17(18,19)20)11-14-7-9-24(12-14)16(21-2)22-8-6-15-5-4-10-25-15;/h4-5,10,14H,3,6-9,11-13H2,1-2H3,(H,21,22);1H. The highest BCUT2D eigenvalue weighted by Crippen LogP contribution is 2.21. The molecule has 1 unspecified atom stereocenters. The second-order valence-corrected chi connectivity index (χ2v) is 6.35. The first-order valence-electron chi connectivity index (χ1n) is 8.68. The smallest absolute Gasteiger partial charge is 0.401 e. The molecule has 26 heavy (non-hydrogen) atoms. The zero-order valence-electron chi connectivity index (χ0n) is 15.3. The van der Waals surface area contributed by atoms with Crippen molar-refractivity contribution < 1.29 is 17.6 Å². The van der Waals surface area contributed by atoms with Crippen molar-refractivity contribution >= 4 is 29.9 Å². The quantitative estimate of drug-likeness (QED) is 0.364. The maximum absolute atomic E-state index is 12.6. The van der Waals surface area contributed by atoms with E-state index in [-0.39, 0.29) is 29.9 Å². The van der Waals surface area contributed by atoms with Crippen molar-refractivity contribution in [3.63, 3.8) is 0 Å². The van der Waals surface area contributed by atoms with E-state index < -0.39 is 12.7 Å². The van der Waals surface area contributed by atoms with Gasteiger partial charge in [-0.2, -0.15) is 13.2 Å². The van der Waals surface area contributed by atoms with Crippen LogP contribution in [0.1, 0.15) is 19.1 Å². The number of hydrogen-bond donors (Lipinski definition) is 1. The van der Waals surface area contributed by atoms with E-state index in [0.29, 0.717) is 19.6 Å². The summed E-state index contributed by atoms with van der Waals surface area (Å²) in [5.41, 5.74) is 0. The van der Waals surface area contributed by atoms with Crippen molar-refractivity contribution in [3.05, 3.63) is 24.2 Å². The average molecular weight is 488 g/mol. The van der Waals surface area contributed by atoms with Gasteiger partial charge in [-0.25, -0.2) is 0 Å². The highest BCUT2D eigenvalue weighted by molar-refractivity contribution is 14.0. The van der Waals surface area contributed by atoms with Crippen LogP contribution in [0.3, 0.4) is 0 Å². The van der Waals surface area contributed by atoms with E-state index in [4.69, 9.17) is 4.42 Å². The summed E-state index contributed by atoms with van der Waals surface area (Å²) >= 11 is 0. The molecule has 0 spiro atoms. The highest BCUT2D eigenvalue weighted by Gasteiger charge is 2.32. The number of aliphatic imine (C=N–C) groups is 1. The van der Waals surface area contributed by atoms with Crippen molar-refractivity contribution in [1.29, 1.82) is 0 Å². The van der Waals surface area contributed by atoms with E-state index >= 15 is 0 Å². The minimum Gasteiger partial charge on any atom is -0.469 e. The molecule has 5 nitrogen and oxygen atoms in total. The molecule has 0 aliphatic carbocycles. The fraction of sp³-hybridized carbons (Fsp3) is 0.706. The third kappa shape index (κ3) is 7.73. The van der Waals surface area contributed by atoms with Crippen molar-refractivity contribution in [2.75, 3.05) is 46.3 Å². The first-order chi connectivity index (χ1) is 11.9. The predicted octanol–water partition coefficient (Wildman–Crippen LogP) is 3.22. The molecule has 2 rings (SSSR count). The number of nitrogens with one attached hydrogen (secondary N) is 1. The van der Waals surface area contributed by atoms with E-state index in [1.54, 1.807) is 20.2 Å². The molecule has 0 bridgehead atoms. The lowest BCUT2D eigenvalue weighted by molar-refractivity contribution is -0.146. The van der Waals surface area contributed by atoms with Crippen LogP contribution in [0.2, 0.25) is 0 Å². The van der Waals surface area contributed by atoms with Crippen molar-refractivity contribution in [2.24, 2.45) is 10.9 Å². The Bertz CT molecular complexity index is 537. The Hall–Kier alpha value is -0.970. The van der Waals surface area contributed by atoms with Gasteiger partial charge < -0.3 is 14.6 Å². The van der Waals surface area contributed by atoms with Gasteiger partial charge in [-0.1, -0.05) is 6.92 Å². The Labute approximate surface area is 170 Å². The number of rotatable bonds is 7. The van der Waals surface area contributed by atoms with Crippen LogP contribution in [0.25, 0.3) is 0 Å². The molecule has 1 fully saturated rings. The Morgan fingerprint density at radius 1 is 1.46 bits per heavy atom. The van der Waals surface area contributed by atoms with Crippen LogP contribution in [-0.4, -0.2) is 68.3 Å². The predicted molar refractivity (Wildman–Crippen MR) is 107 cm³/mol. The SMILES string of the molecule is CCN(CC1CCN(C(=NC)NCCc2ccco2)C1)CC(F)(F)F.I. The lowest BCUT2D eigenvalue weighted by Crippen LogP contribution is -2.42. The zero-order valence-corrected chi connectivity index (χ0v) is 17.6. The van der Waals surface area contributed by atoms with Gasteiger partial charge in [0.2, 0.25) is 0 Å². The highest BCUT2D eigenvalue weighted by atomic mass is 127. The molecule has 0 aromatic carbocycles. The summed E-state index contributed by atoms with van der Waals surface area (Å²) in [4.78, 5) is 7.88. The van der Waals surface area contributed by atoms with Crippen LogP contribution in [0.5, 0.6) is 0 Å². The molecule has 1 aromatic rings. The summed E-state index contributed by atoms with van der Waals surface area (Å²) in [6.07, 6.45) is -0.848. The minimum atomic E-state index is -4.14. The molecular weight excluding hydrogens is 460 g/mol. The maximum atomic E-state index is 12.6. The molecular formula is C17H28F3IN4O. The summed E-state index contributed by atoms with van der Waals surface area (Å²) in [5.74, 6) is 1.94. The van der Waals surface area contributed by atoms with Crippen molar-refractivity contribution in [3.8, 4) is 0 Å². The van der Waals surface area contributed by atoms with E-state index in [1.807, 2.05) is 12.1 Å². The molecule has 0 saturated carbocycles. The molecule has 1 aromatic heterocycles. The van der Waals surface area contributed by atoms with Gasteiger partial charge in [0, 0.05) is 39.6 Å². The first kappa shape index (κ1) is 23.1. The second kappa shape index (κ2) is 11.0. The normalized spacial score (nSPS) is 18.3. The molecule has 9 heteroatoms. The number of alkyl halides is 3. The first-order valence-corrected chi connectivity index (χ1v) is 8.68. The number of hydrogen-bond acceptors (Lipinski definition) is 3. The third-order valence-corrected chi connectivity index (χ3v) is 4.40. The van der Waals surface area contributed by atoms with Crippen molar-refractivity contribution in [1.82, 2.24) is 15.1 Å².